The second-order valence-corrected chi connectivity index (χ2v) is 7.90. The molecule has 0 aliphatic carbocycles. The first-order chi connectivity index (χ1) is 14.3. The molecular formula is C21H17BrN6S. The van der Waals surface area contributed by atoms with Crippen LogP contribution in [0.1, 0.15) is 5.56 Å². The van der Waals surface area contributed by atoms with Crippen LogP contribution in [0.4, 0.5) is 5.69 Å². The maximum atomic E-state index is 4.65. The van der Waals surface area contributed by atoms with Gasteiger partial charge in [-0.05, 0) is 52.4 Å². The molecule has 1 aromatic heterocycles. The van der Waals surface area contributed by atoms with Crippen LogP contribution in [-0.2, 0) is 0 Å². The number of aromatic nitrogens is 4. The van der Waals surface area contributed by atoms with Crippen LogP contribution in [0.15, 0.2) is 99.7 Å². The zero-order valence-corrected chi connectivity index (χ0v) is 17.7. The second-order valence-electron chi connectivity index (χ2n) is 6.04. The minimum absolute atomic E-state index is 0.606. The van der Waals surface area contributed by atoms with Crippen LogP contribution >= 0.6 is 27.7 Å². The molecule has 0 unspecified atom stereocenters. The molecular weight excluding hydrogens is 448 g/mol. The van der Waals surface area contributed by atoms with E-state index < -0.39 is 0 Å². The van der Waals surface area contributed by atoms with Gasteiger partial charge >= 0.3 is 0 Å². The number of tetrazole rings is 1. The van der Waals surface area contributed by atoms with Crippen molar-refractivity contribution in [3.8, 4) is 5.69 Å². The normalized spacial score (nSPS) is 11.4. The summed E-state index contributed by atoms with van der Waals surface area (Å²) >= 11 is 5.02. The Morgan fingerprint density at radius 2 is 1.62 bits per heavy atom. The van der Waals surface area contributed by atoms with Crippen LogP contribution in [0.5, 0.6) is 0 Å². The topological polar surface area (TPSA) is 68.0 Å². The summed E-state index contributed by atoms with van der Waals surface area (Å²) in [5.74, 6) is 0.606. The van der Waals surface area contributed by atoms with Crippen LogP contribution in [0, 0.1) is 0 Å². The Bertz CT molecular complexity index is 1080. The van der Waals surface area contributed by atoms with Gasteiger partial charge in [-0.15, -0.1) is 5.10 Å². The summed E-state index contributed by atoms with van der Waals surface area (Å²) in [5, 5.41) is 17.5. The largest absolute Gasteiger partial charge is 0.278 e. The van der Waals surface area contributed by atoms with Crippen molar-refractivity contribution in [3.05, 3.63) is 95.0 Å². The van der Waals surface area contributed by atoms with Crippen molar-refractivity contribution < 1.29 is 0 Å². The van der Waals surface area contributed by atoms with Gasteiger partial charge in [0, 0.05) is 10.2 Å². The molecule has 0 atom stereocenters. The number of benzene rings is 3. The lowest BCUT2D eigenvalue weighted by Crippen LogP contribution is -2.09. The Balaban J connectivity index is 1.56. The average Bonchev–Trinajstić information content (AvgIpc) is 3.25. The SMILES string of the molecule is Brc1ccc(/C(CSc2nnnn2-c2ccccc2)=N/Nc2ccccc2)cc1. The molecule has 1 heterocycles. The fourth-order valence-electron chi connectivity index (χ4n) is 2.60. The molecule has 4 rings (SSSR count). The molecule has 0 radical (unpaired) electrons. The lowest BCUT2D eigenvalue weighted by molar-refractivity contribution is 0.757. The Labute approximate surface area is 181 Å². The van der Waals surface area contributed by atoms with E-state index in [-0.39, 0.29) is 0 Å². The molecule has 29 heavy (non-hydrogen) atoms. The molecule has 1 N–H and O–H groups in total. The number of hydrazone groups is 1. The number of rotatable bonds is 7. The van der Waals surface area contributed by atoms with Crippen molar-refractivity contribution in [2.45, 2.75) is 5.16 Å². The molecule has 0 spiro atoms. The number of nitrogens with one attached hydrogen (secondary N) is 1. The van der Waals surface area contributed by atoms with E-state index in [0.717, 1.165) is 27.1 Å². The van der Waals surface area contributed by atoms with Gasteiger partial charge in [0.2, 0.25) is 5.16 Å². The van der Waals surface area contributed by atoms with E-state index in [2.05, 4.69) is 42.0 Å². The summed E-state index contributed by atoms with van der Waals surface area (Å²) in [5.41, 5.74) is 6.92. The average molecular weight is 465 g/mol. The molecule has 0 aliphatic rings. The Hall–Kier alpha value is -2.97. The van der Waals surface area contributed by atoms with Crippen LogP contribution in [-0.4, -0.2) is 31.7 Å². The summed E-state index contributed by atoms with van der Waals surface area (Å²) < 4.78 is 2.76. The van der Waals surface area contributed by atoms with Crippen molar-refractivity contribution in [2.75, 3.05) is 11.2 Å². The molecule has 0 amide bonds. The molecule has 3 aromatic carbocycles. The summed E-state index contributed by atoms with van der Waals surface area (Å²) in [6.07, 6.45) is 0. The Morgan fingerprint density at radius 1 is 0.931 bits per heavy atom. The minimum Gasteiger partial charge on any atom is -0.278 e. The van der Waals surface area contributed by atoms with Gasteiger partial charge in [0.15, 0.2) is 0 Å². The molecule has 0 fully saturated rings. The van der Waals surface area contributed by atoms with Gasteiger partial charge in [0.1, 0.15) is 0 Å². The highest BCUT2D eigenvalue weighted by atomic mass is 79.9. The Kier molecular flexibility index (Phi) is 6.33. The number of nitrogens with zero attached hydrogens (tertiary/aromatic N) is 5. The van der Waals surface area contributed by atoms with E-state index in [9.17, 15) is 0 Å². The molecule has 0 bridgehead atoms. The van der Waals surface area contributed by atoms with Crippen molar-refractivity contribution in [1.29, 1.82) is 0 Å². The number of thioether (sulfide) groups is 1. The lowest BCUT2D eigenvalue weighted by atomic mass is 10.1. The third kappa shape index (κ3) is 5.10. The van der Waals surface area contributed by atoms with E-state index in [1.165, 1.54) is 11.8 Å². The number of halogens is 1. The summed E-state index contributed by atoms with van der Waals surface area (Å²) in [7, 11) is 0. The molecule has 0 aliphatic heterocycles. The van der Waals surface area contributed by atoms with Crippen molar-refractivity contribution >= 4 is 39.1 Å². The third-order valence-electron chi connectivity index (χ3n) is 4.05. The molecule has 0 saturated carbocycles. The van der Waals surface area contributed by atoms with Crippen molar-refractivity contribution in [1.82, 2.24) is 20.2 Å². The third-order valence-corrected chi connectivity index (χ3v) is 5.51. The zero-order chi connectivity index (χ0) is 19.9. The van der Waals surface area contributed by atoms with E-state index in [1.54, 1.807) is 4.68 Å². The fraction of sp³-hybridized carbons (Fsp3) is 0.0476. The monoisotopic (exact) mass is 464 g/mol. The maximum Gasteiger partial charge on any atom is 0.214 e. The van der Waals surface area contributed by atoms with Crippen LogP contribution in [0.25, 0.3) is 5.69 Å². The highest BCUT2D eigenvalue weighted by Crippen LogP contribution is 2.21. The smallest absolute Gasteiger partial charge is 0.214 e. The quantitative estimate of drug-likeness (QED) is 0.236. The van der Waals surface area contributed by atoms with Gasteiger partial charge in [-0.1, -0.05) is 76.2 Å². The second kappa shape index (κ2) is 9.49. The van der Waals surface area contributed by atoms with E-state index in [1.807, 2.05) is 84.9 Å². The number of hydrogen-bond donors (Lipinski definition) is 1. The molecule has 4 aromatic rings. The molecule has 144 valence electrons. The highest BCUT2D eigenvalue weighted by molar-refractivity contribution is 9.10. The minimum atomic E-state index is 0.606. The fourth-order valence-corrected chi connectivity index (χ4v) is 3.72. The summed E-state index contributed by atoms with van der Waals surface area (Å²) in [6, 6.07) is 27.8. The highest BCUT2D eigenvalue weighted by Gasteiger charge is 2.12. The van der Waals surface area contributed by atoms with Gasteiger partial charge < -0.3 is 0 Å². The Morgan fingerprint density at radius 3 is 2.34 bits per heavy atom. The van der Waals surface area contributed by atoms with Crippen molar-refractivity contribution in [2.24, 2.45) is 5.10 Å². The molecule has 8 heteroatoms. The zero-order valence-electron chi connectivity index (χ0n) is 15.3. The molecule has 0 saturated heterocycles. The standard InChI is InChI=1S/C21H17BrN6S/c22-17-13-11-16(12-14-17)20(24-23-18-7-3-1-4-8-18)15-29-21-25-26-27-28(21)19-9-5-2-6-10-19/h1-14,23H,15H2/b24-20+. The van der Waals surface area contributed by atoms with Crippen LogP contribution < -0.4 is 5.43 Å². The van der Waals surface area contributed by atoms with Gasteiger partial charge in [-0.2, -0.15) is 9.78 Å². The van der Waals surface area contributed by atoms with Gasteiger partial charge in [0.05, 0.1) is 17.1 Å². The number of anilines is 1. The first-order valence-corrected chi connectivity index (χ1v) is 10.7. The predicted molar refractivity (Wildman–Crippen MR) is 121 cm³/mol. The first kappa shape index (κ1) is 19.4. The van der Waals surface area contributed by atoms with Gasteiger partial charge in [-0.25, -0.2) is 0 Å². The van der Waals surface area contributed by atoms with Crippen molar-refractivity contribution in [3.63, 3.8) is 0 Å². The summed E-state index contributed by atoms with van der Waals surface area (Å²) in [6.45, 7) is 0. The van der Waals surface area contributed by atoms with Crippen LogP contribution in [0.3, 0.4) is 0 Å². The number of hydrogen-bond acceptors (Lipinski definition) is 6. The maximum absolute atomic E-state index is 4.65. The van der Waals surface area contributed by atoms with Crippen LogP contribution in [0.2, 0.25) is 0 Å². The molecule has 6 nitrogen and oxygen atoms in total. The van der Waals surface area contributed by atoms with Gasteiger partial charge in [-0.3, -0.25) is 5.43 Å². The summed E-state index contributed by atoms with van der Waals surface area (Å²) in [4.78, 5) is 0. The first-order valence-electron chi connectivity index (χ1n) is 8.90. The van der Waals surface area contributed by atoms with E-state index >= 15 is 0 Å². The van der Waals surface area contributed by atoms with Gasteiger partial charge in [0.25, 0.3) is 0 Å². The van der Waals surface area contributed by atoms with E-state index in [4.69, 9.17) is 0 Å². The lowest BCUT2D eigenvalue weighted by Gasteiger charge is -2.09. The predicted octanol–water partition coefficient (Wildman–Crippen LogP) is 5.03. The number of para-hydroxylation sites is 2. The van der Waals surface area contributed by atoms with E-state index in [0.29, 0.717) is 10.9 Å².